The first-order valence-corrected chi connectivity index (χ1v) is 13.4. The smallest absolute Gasteiger partial charge is 0.343 e. The van der Waals surface area contributed by atoms with Crippen LogP contribution in [0.1, 0.15) is 31.9 Å². The lowest BCUT2D eigenvalue weighted by molar-refractivity contribution is -0.136. The highest BCUT2D eigenvalue weighted by Gasteiger charge is 2.53. The Kier molecular flexibility index (Phi) is 11.6. The molecule has 1 aliphatic heterocycles. The van der Waals surface area contributed by atoms with E-state index in [0.717, 1.165) is 5.56 Å². The largest absolute Gasteiger partial charge is 0.509 e. The molecule has 0 radical (unpaired) electrons. The van der Waals surface area contributed by atoms with Crippen molar-refractivity contribution >= 4 is 11.9 Å². The number of methoxy groups -OCH3 is 1. The van der Waals surface area contributed by atoms with Crippen molar-refractivity contribution < 1.29 is 29.3 Å². The second-order valence-electron chi connectivity index (χ2n) is 9.70. The quantitative estimate of drug-likeness (QED) is 0.399. The molecule has 0 aromatic heterocycles. The normalized spacial score (nSPS) is 33.1. The third-order valence-corrected chi connectivity index (χ3v) is 6.72. The first-order chi connectivity index (χ1) is 19.8. The summed E-state index contributed by atoms with van der Waals surface area (Å²) >= 11 is 0. The van der Waals surface area contributed by atoms with Gasteiger partial charge in [0, 0.05) is 13.2 Å². The van der Waals surface area contributed by atoms with Gasteiger partial charge in [-0.05, 0) is 31.9 Å². The topological polar surface area (TPSA) is 105 Å². The van der Waals surface area contributed by atoms with Gasteiger partial charge in [-0.1, -0.05) is 109 Å². The average molecular weight is 556 g/mol. The Hall–Kier alpha value is -4.46. The van der Waals surface area contributed by atoms with Crippen molar-refractivity contribution in [1.82, 2.24) is 5.32 Å². The van der Waals surface area contributed by atoms with Gasteiger partial charge in [0.05, 0.1) is 17.0 Å². The van der Waals surface area contributed by atoms with Crippen LogP contribution in [0.2, 0.25) is 0 Å². The Labute approximate surface area is 241 Å². The standard InChI is InChI=1S/C34H37NO6/c1-25-19-13-8-4-5-9-16-22-27(26-20-14-12-15-21-26)35-28(36)23-17-10-6-7-11-18-24-34(2)29(33(39)41-25)30(37)31(40-3)32(34)38/h4-21,23-24,27,31-32,37-38H,22H2,1-3H3,(H,35,36)/b5-4+,10-6-,11-7+,13-8-,16-9+,23-17+,24-18+,25-19+/t27?,31-,32+,34+/m0/s1. The molecule has 0 spiro atoms. The molecule has 214 valence electrons. The molecule has 0 fully saturated rings. The molecule has 41 heavy (non-hydrogen) atoms. The molecule has 1 amide bonds. The molecule has 1 unspecified atom stereocenters. The van der Waals surface area contributed by atoms with Gasteiger partial charge in [0.1, 0.15) is 23.7 Å². The molecule has 7 nitrogen and oxygen atoms in total. The molecule has 4 atom stereocenters. The van der Waals surface area contributed by atoms with Crippen molar-refractivity contribution in [2.75, 3.05) is 7.11 Å². The summed E-state index contributed by atoms with van der Waals surface area (Å²) in [7, 11) is 1.35. The number of hydrogen-bond acceptors (Lipinski definition) is 6. The fraction of sp³-hybridized carbons (Fsp3) is 0.235. The Morgan fingerprint density at radius 3 is 2.27 bits per heavy atom. The number of carbonyl (C=O) groups is 2. The van der Waals surface area contributed by atoms with Gasteiger partial charge >= 0.3 is 5.97 Å². The number of ether oxygens (including phenoxy) is 2. The zero-order valence-electron chi connectivity index (χ0n) is 23.5. The molecule has 7 heteroatoms. The molecule has 0 bridgehead atoms. The summed E-state index contributed by atoms with van der Waals surface area (Å²) in [6.07, 6.45) is 24.3. The number of cyclic esters (lactones) is 1. The fourth-order valence-corrected chi connectivity index (χ4v) is 4.52. The second-order valence-corrected chi connectivity index (χ2v) is 9.70. The van der Waals surface area contributed by atoms with Crippen molar-refractivity contribution in [1.29, 1.82) is 0 Å². The Balaban J connectivity index is 1.88. The molecule has 1 heterocycles. The van der Waals surface area contributed by atoms with Crippen LogP contribution in [-0.4, -0.2) is 41.4 Å². The van der Waals surface area contributed by atoms with Gasteiger partial charge in [0.15, 0.2) is 0 Å². The van der Waals surface area contributed by atoms with E-state index in [-0.39, 0.29) is 23.3 Å². The number of nitrogens with one attached hydrogen (secondary N) is 1. The maximum Gasteiger partial charge on any atom is 0.343 e. The van der Waals surface area contributed by atoms with Crippen LogP contribution in [0.4, 0.5) is 0 Å². The maximum atomic E-state index is 13.1. The Morgan fingerprint density at radius 1 is 0.927 bits per heavy atom. The lowest BCUT2D eigenvalue weighted by Gasteiger charge is -2.28. The minimum absolute atomic E-state index is 0.0731. The summed E-state index contributed by atoms with van der Waals surface area (Å²) in [5, 5.41) is 24.7. The lowest BCUT2D eigenvalue weighted by Crippen LogP contribution is -2.37. The van der Waals surface area contributed by atoms with E-state index < -0.39 is 23.6 Å². The highest BCUT2D eigenvalue weighted by atomic mass is 16.5. The van der Waals surface area contributed by atoms with Crippen molar-refractivity contribution in [2.45, 2.75) is 38.5 Å². The third-order valence-electron chi connectivity index (χ3n) is 6.72. The first-order valence-electron chi connectivity index (χ1n) is 13.4. The number of aliphatic hydroxyl groups is 2. The van der Waals surface area contributed by atoms with E-state index in [1.807, 2.05) is 54.6 Å². The number of rotatable bonds is 2. The van der Waals surface area contributed by atoms with Crippen molar-refractivity contribution in [3.8, 4) is 0 Å². The number of allylic oxidation sites excluding steroid dienone is 13. The van der Waals surface area contributed by atoms with E-state index in [4.69, 9.17) is 9.47 Å². The second kappa shape index (κ2) is 15.4. The predicted molar refractivity (Wildman–Crippen MR) is 160 cm³/mol. The van der Waals surface area contributed by atoms with Gasteiger partial charge in [0.25, 0.3) is 0 Å². The third kappa shape index (κ3) is 8.51. The Bertz CT molecular complexity index is 1340. The summed E-state index contributed by atoms with van der Waals surface area (Å²) < 4.78 is 10.7. The SMILES string of the molecule is CO[C@H]1C(O)=C2C(=O)O/C(C)=C/C=C\C=C\C=C\CC(c3ccccc3)NC(=O)/C=C/C=C\C=C\C=C\[C@@]2(C)[C@@H]1O. The summed E-state index contributed by atoms with van der Waals surface area (Å²) in [6, 6.07) is 9.60. The Morgan fingerprint density at radius 2 is 1.56 bits per heavy atom. The predicted octanol–water partition coefficient (Wildman–Crippen LogP) is 5.80. The van der Waals surface area contributed by atoms with Crippen molar-refractivity contribution in [2.24, 2.45) is 5.41 Å². The van der Waals surface area contributed by atoms with Gasteiger partial charge in [-0.25, -0.2) is 4.79 Å². The van der Waals surface area contributed by atoms with Gasteiger partial charge in [-0.15, -0.1) is 0 Å². The highest BCUT2D eigenvalue weighted by molar-refractivity contribution is 5.93. The minimum Gasteiger partial charge on any atom is -0.509 e. The molecule has 3 N–H and O–H groups in total. The molecule has 1 aromatic carbocycles. The van der Waals surface area contributed by atoms with Gasteiger partial charge in [-0.3, -0.25) is 4.79 Å². The highest BCUT2D eigenvalue weighted by Crippen LogP contribution is 2.45. The van der Waals surface area contributed by atoms with E-state index in [0.29, 0.717) is 12.2 Å². The molecule has 1 aliphatic carbocycles. The zero-order chi connectivity index (χ0) is 29.7. The number of amides is 1. The van der Waals surface area contributed by atoms with Crippen LogP contribution in [-0.2, 0) is 19.1 Å². The summed E-state index contributed by atoms with van der Waals surface area (Å²) in [4.78, 5) is 25.7. The average Bonchev–Trinajstić information content (AvgIpc) is 3.14. The van der Waals surface area contributed by atoms with Crippen LogP contribution in [0, 0.1) is 5.41 Å². The summed E-state index contributed by atoms with van der Waals surface area (Å²) in [5.74, 6) is -1.04. The van der Waals surface area contributed by atoms with Crippen LogP contribution in [0.3, 0.4) is 0 Å². The van der Waals surface area contributed by atoms with Gasteiger partial charge < -0.3 is 25.0 Å². The van der Waals surface area contributed by atoms with Crippen molar-refractivity contribution in [3.63, 3.8) is 0 Å². The number of aliphatic hydroxyl groups excluding tert-OH is 2. The minimum atomic E-state index is -1.26. The summed E-state index contributed by atoms with van der Waals surface area (Å²) in [6.45, 7) is 3.26. The zero-order valence-corrected chi connectivity index (χ0v) is 23.5. The van der Waals surface area contributed by atoms with Crippen LogP contribution < -0.4 is 5.32 Å². The lowest BCUT2D eigenvalue weighted by atomic mass is 9.80. The number of fused-ring (bicyclic) bond motifs is 1. The van der Waals surface area contributed by atoms with E-state index in [1.165, 1.54) is 13.2 Å². The summed E-state index contributed by atoms with van der Waals surface area (Å²) in [5.41, 5.74) is -0.327. The maximum absolute atomic E-state index is 13.1. The van der Waals surface area contributed by atoms with E-state index in [9.17, 15) is 19.8 Å². The number of esters is 1. The van der Waals surface area contributed by atoms with Gasteiger partial charge in [-0.2, -0.15) is 0 Å². The van der Waals surface area contributed by atoms with Crippen LogP contribution in [0.15, 0.2) is 139 Å². The monoisotopic (exact) mass is 555 g/mol. The fourth-order valence-electron chi connectivity index (χ4n) is 4.52. The first kappa shape index (κ1) is 31.1. The number of carbonyl (C=O) groups excluding carboxylic acids is 2. The van der Waals surface area contributed by atoms with E-state index >= 15 is 0 Å². The molecule has 1 aromatic rings. The van der Waals surface area contributed by atoms with Gasteiger partial charge in [0.2, 0.25) is 5.91 Å². The van der Waals surface area contributed by atoms with Crippen LogP contribution in [0.25, 0.3) is 0 Å². The van der Waals surface area contributed by atoms with Crippen LogP contribution in [0.5, 0.6) is 0 Å². The molecular weight excluding hydrogens is 518 g/mol. The molecule has 3 rings (SSSR count). The molecule has 2 aliphatic rings. The van der Waals surface area contributed by atoms with E-state index in [2.05, 4.69) is 5.32 Å². The number of benzene rings is 1. The van der Waals surface area contributed by atoms with E-state index in [1.54, 1.807) is 74.6 Å². The molecular formula is C34H37NO6. The molecule has 0 saturated heterocycles. The van der Waals surface area contributed by atoms with Crippen molar-refractivity contribution in [3.05, 3.63) is 144 Å². The molecule has 0 saturated carbocycles. The number of hydrogen-bond donors (Lipinski definition) is 3. The van der Waals surface area contributed by atoms with Crippen LogP contribution >= 0.6 is 0 Å².